The Kier molecular flexibility index (Phi) is 4.99. The van der Waals surface area contributed by atoms with Crippen molar-refractivity contribution in [1.29, 1.82) is 0 Å². The fourth-order valence-electron chi connectivity index (χ4n) is 5.13. The van der Waals surface area contributed by atoms with Crippen LogP contribution in [-0.4, -0.2) is 32.0 Å². The third-order valence-corrected chi connectivity index (χ3v) is 8.72. The molecule has 5 atom stereocenters. The van der Waals surface area contributed by atoms with E-state index < -0.39 is 0 Å². The molecule has 2 bridgehead atoms. The molecule has 5 unspecified atom stereocenters. The largest absolute Gasteiger partial charge is 0.352 e. The molecule has 0 aromatic carbocycles. The maximum atomic E-state index is 12.5. The van der Waals surface area contributed by atoms with Crippen molar-refractivity contribution in [1.82, 2.24) is 20.1 Å². The molecule has 3 fully saturated rings. The van der Waals surface area contributed by atoms with Crippen molar-refractivity contribution in [2.45, 2.75) is 74.9 Å². The van der Waals surface area contributed by atoms with E-state index in [0.717, 1.165) is 40.5 Å². The van der Waals surface area contributed by atoms with Gasteiger partial charge in [0.15, 0.2) is 11.0 Å². The molecule has 7 heteroatoms. The van der Waals surface area contributed by atoms with Gasteiger partial charge in [-0.25, -0.2) is 0 Å². The van der Waals surface area contributed by atoms with Gasteiger partial charge >= 0.3 is 0 Å². The number of hydrogen-bond donors (Lipinski definition) is 1. The minimum Gasteiger partial charge on any atom is -0.352 e. The van der Waals surface area contributed by atoms with Gasteiger partial charge < -0.3 is 5.32 Å². The molecule has 1 amide bonds. The second-order valence-corrected chi connectivity index (χ2v) is 11.0. The van der Waals surface area contributed by atoms with Gasteiger partial charge in [0.2, 0.25) is 5.91 Å². The Hall–Kier alpha value is -1.34. The number of nitrogens with one attached hydrogen (secondary N) is 1. The summed E-state index contributed by atoms with van der Waals surface area (Å²) < 4.78 is 2.34. The lowest BCUT2D eigenvalue weighted by atomic mass is 9.84. The molecule has 3 aliphatic carbocycles. The van der Waals surface area contributed by atoms with Crippen molar-refractivity contribution in [3.05, 3.63) is 17.5 Å². The van der Waals surface area contributed by atoms with E-state index in [9.17, 15) is 4.79 Å². The summed E-state index contributed by atoms with van der Waals surface area (Å²) in [5, 5.41) is 15.1. The van der Waals surface area contributed by atoms with Gasteiger partial charge in [-0.05, 0) is 75.2 Å². The van der Waals surface area contributed by atoms with E-state index in [1.807, 2.05) is 6.92 Å². The zero-order valence-corrected chi connectivity index (χ0v) is 18.1. The Bertz CT molecular complexity index is 845. The molecule has 3 saturated carbocycles. The first-order valence-corrected chi connectivity index (χ1v) is 12.3. The van der Waals surface area contributed by atoms with Crippen molar-refractivity contribution in [3.8, 4) is 10.7 Å². The third kappa shape index (κ3) is 3.52. The van der Waals surface area contributed by atoms with Crippen LogP contribution in [0.15, 0.2) is 22.7 Å². The van der Waals surface area contributed by atoms with Gasteiger partial charge in [0.25, 0.3) is 0 Å². The van der Waals surface area contributed by atoms with Gasteiger partial charge in [-0.15, -0.1) is 21.5 Å². The lowest BCUT2D eigenvalue weighted by Crippen LogP contribution is -2.33. The number of thiophene rings is 1. The quantitative estimate of drug-likeness (QED) is 0.661. The minimum atomic E-state index is -0.160. The van der Waals surface area contributed by atoms with Crippen LogP contribution in [0.2, 0.25) is 0 Å². The number of fused-ring (bicyclic) bond motifs is 2. The second kappa shape index (κ2) is 7.48. The number of nitrogens with zero attached hydrogens (tertiary/aromatic N) is 3. The molecule has 2 aromatic rings. The van der Waals surface area contributed by atoms with Crippen LogP contribution in [0, 0.1) is 17.8 Å². The van der Waals surface area contributed by atoms with Crippen LogP contribution in [0.3, 0.4) is 0 Å². The Morgan fingerprint density at radius 3 is 2.75 bits per heavy atom. The average molecular weight is 417 g/mol. The van der Waals surface area contributed by atoms with Gasteiger partial charge in [0.05, 0.1) is 10.1 Å². The molecule has 0 spiro atoms. The van der Waals surface area contributed by atoms with Crippen LogP contribution >= 0.6 is 23.1 Å². The molecule has 0 saturated heterocycles. The second-order valence-electron chi connectivity index (χ2n) is 8.78. The summed E-state index contributed by atoms with van der Waals surface area (Å²) >= 11 is 3.26. The van der Waals surface area contributed by atoms with Gasteiger partial charge in [-0.3, -0.25) is 9.36 Å². The highest BCUT2D eigenvalue weighted by molar-refractivity contribution is 8.00. The first-order chi connectivity index (χ1) is 13.6. The smallest absolute Gasteiger partial charge is 0.233 e. The van der Waals surface area contributed by atoms with Crippen molar-refractivity contribution in [3.63, 3.8) is 0 Å². The van der Waals surface area contributed by atoms with Gasteiger partial charge in [0, 0.05) is 12.1 Å². The first kappa shape index (κ1) is 18.7. The van der Waals surface area contributed by atoms with Crippen molar-refractivity contribution in [2.75, 3.05) is 0 Å². The highest BCUT2D eigenvalue weighted by atomic mass is 32.2. The standard InChI is InChI=1S/C21H28N4OS2/c1-12(17-11-14-5-6-15(17)10-14)25-19(18-4-3-9-27-18)23-24-21(25)28-13(2)20(26)22-16-7-8-16/h3-4,9,12-17H,5-8,10-11H2,1-2H3,(H,22,26). The van der Waals surface area contributed by atoms with Crippen molar-refractivity contribution < 1.29 is 4.79 Å². The summed E-state index contributed by atoms with van der Waals surface area (Å²) in [6, 6.07) is 4.95. The van der Waals surface area contributed by atoms with Gasteiger partial charge in [-0.1, -0.05) is 24.2 Å². The van der Waals surface area contributed by atoms with Crippen LogP contribution in [0.5, 0.6) is 0 Å². The molecule has 5 nitrogen and oxygen atoms in total. The highest BCUT2D eigenvalue weighted by Crippen LogP contribution is 2.53. The van der Waals surface area contributed by atoms with E-state index >= 15 is 0 Å². The van der Waals surface area contributed by atoms with Crippen molar-refractivity contribution in [2.24, 2.45) is 17.8 Å². The maximum Gasteiger partial charge on any atom is 0.233 e. The number of aromatic nitrogens is 3. The number of carbonyl (C=O) groups excluding carboxylic acids is 1. The number of amides is 1. The summed E-state index contributed by atoms with van der Waals surface area (Å²) in [5.41, 5.74) is 0. The minimum absolute atomic E-state index is 0.118. The number of hydrogen-bond acceptors (Lipinski definition) is 5. The van der Waals surface area contributed by atoms with Crippen LogP contribution in [-0.2, 0) is 4.79 Å². The molecule has 3 aliphatic rings. The van der Waals surface area contributed by atoms with Crippen LogP contribution in [0.25, 0.3) is 10.7 Å². The topological polar surface area (TPSA) is 59.8 Å². The van der Waals surface area contributed by atoms with E-state index in [1.165, 1.54) is 25.7 Å². The number of thioether (sulfide) groups is 1. The lowest BCUT2D eigenvalue weighted by molar-refractivity contribution is -0.120. The molecular weight excluding hydrogens is 388 g/mol. The predicted molar refractivity (Wildman–Crippen MR) is 113 cm³/mol. The summed E-state index contributed by atoms with van der Waals surface area (Å²) in [4.78, 5) is 13.6. The number of rotatable bonds is 7. The van der Waals surface area contributed by atoms with E-state index in [1.54, 1.807) is 23.1 Å². The Morgan fingerprint density at radius 1 is 1.25 bits per heavy atom. The van der Waals surface area contributed by atoms with Crippen LogP contribution in [0.4, 0.5) is 0 Å². The predicted octanol–water partition coefficient (Wildman–Crippen LogP) is 4.76. The SMILES string of the molecule is CC(Sc1nnc(-c2cccs2)n1C(C)C1CC2CCC1C2)C(=O)NC1CC1. The molecule has 0 radical (unpaired) electrons. The summed E-state index contributed by atoms with van der Waals surface area (Å²) in [6.07, 6.45) is 7.74. The lowest BCUT2D eigenvalue weighted by Gasteiger charge is -2.30. The van der Waals surface area contributed by atoms with Crippen LogP contribution < -0.4 is 5.32 Å². The first-order valence-electron chi connectivity index (χ1n) is 10.6. The normalized spacial score (nSPS) is 28.4. The van der Waals surface area contributed by atoms with Gasteiger partial charge in [0.1, 0.15) is 0 Å². The Balaban J connectivity index is 1.42. The third-order valence-electron chi connectivity index (χ3n) is 6.80. The molecule has 150 valence electrons. The monoisotopic (exact) mass is 416 g/mol. The molecule has 2 heterocycles. The van der Waals surface area contributed by atoms with E-state index in [2.05, 4.69) is 44.5 Å². The van der Waals surface area contributed by atoms with Gasteiger partial charge in [-0.2, -0.15) is 0 Å². The molecule has 1 N–H and O–H groups in total. The molecular formula is C21H28N4OS2. The van der Waals surface area contributed by atoms with Crippen LogP contribution in [0.1, 0.15) is 58.4 Å². The zero-order chi connectivity index (χ0) is 19.3. The number of carbonyl (C=O) groups is 1. The summed E-state index contributed by atoms with van der Waals surface area (Å²) in [7, 11) is 0. The highest BCUT2D eigenvalue weighted by Gasteiger charge is 2.43. The zero-order valence-electron chi connectivity index (χ0n) is 16.5. The fourth-order valence-corrected chi connectivity index (χ4v) is 6.78. The molecule has 5 rings (SSSR count). The van der Waals surface area contributed by atoms with E-state index in [4.69, 9.17) is 0 Å². The molecule has 0 aliphatic heterocycles. The molecule has 28 heavy (non-hydrogen) atoms. The van der Waals surface area contributed by atoms with E-state index in [-0.39, 0.29) is 11.2 Å². The average Bonchev–Trinajstić information content (AvgIpc) is 3.16. The Labute approximate surface area is 174 Å². The fraction of sp³-hybridized carbons (Fsp3) is 0.667. The van der Waals surface area contributed by atoms with Crippen molar-refractivity contribution >= 4 is 29.0 Å². The van der Waals surface area contributed by atoms with E-state index in [0.29, 0.717) is 18.0 Å². The maximum absolute atomic E-state index is 12.5. The Morgan fingerprint density at radius 2 is 2.11 bits per heavy atom. The summed E-state index contributed by atoms with van der Waals surface area (Å²) in [5.74, 6) is 3.53. The summed E-state index contributed by atoms with van der Waals surface area (Å²) in [6.45, 7) is 4.32. The molecule has 2 aromatic heterocycles.